The Bertz CT molecular complexity index is 610. The minimum Gasteiger partial charge on any atom is -0.363 e. The molecule has 27 heavy (non-hydrogen) atoms. The van der Waals surface area contributed by atoms with Gasteiger partial charge in [0.1, 0.15) is 6.73 Å². The van der Waals surface area contributed by atoms with Gasteiger partial charge in [-0.1, -0.05) is 0 Å². The number of alkyl halides is 3. The predicted molar refractivity (Wildman–Crippen MR) is 102 cm³/mol. The molecule has 0 aromatic heterocycles. The third kappa shape index (κ3) is 7.06. The van der Waals surface area contributed by atoms with Gasteiger partial charge in [-0.3, -0.25) is 5.32 Å². The van der Waals surface area contributed by atoms with Crippen molar-refractivity contribution in [3.05, 3.63) is 29.8 Å². The maximum Gasteiger partial charge on any atom is 0.416 e. The van der Waals surface area contributed by atoms with E-state index in [1.807, 2.05) is 25.1 Å². The number of nitrogens with zero attached hydrogens (tertiary/aromatic N) is 1. The van der Waals surface area contributed by atoms with Gasteiger partial charge < -0.3 is 10.1 Å². The smallest absolute Gasteiger partial charge is 0.363 e. The van der Waals surface area contributed by atoms with Crippen molar-refractivity contribution in [1.29, 1.82) is 0 Å². The zero-order valence-corrected chi connectivity index (χ0v) is 16.8. The molecule has 0 saturated carbocycles. The van der Waals surface area contributed by atoms with Crippen LogP contribution in [0, 0.1) is 0 Å². The van der Waals surface area contributed by atoms with Gasteiger partial charge in [-0.15, -0.1) is 0 Å². The van der Waals surface area contributed by atoms with Crippen LogP contribution in [0.1, 0.15) is 39.2 Å². The van der Waals surface area contributed by atoms with E-state index in [1.54, 1.807) is 0 Å². The Balaban J connectivity index is 1.61. The van der Waals surface area contributed by atoms with E-state index in [0.717, 1.165) is 38.1 Å². The lowest BCUT2D eigenvalue weighted by molar-refractivity contribution is -0.137. The van der Waals surface area contributed by atoms with Crippen LogP contribution in [0.4, 0.5) is 18.9 Å². The van der Waals surface area contributed by atoms with Gasteiger partial charge in [-0.05, 0) is 57.9 Å². The second-order valence-electron chi connectivity index (χ2n) is 7.51. The van der Waals surface area contributed by atoms with Gasteiger partial charge in [-0.25, -0.2) is 8.51 Å². The van der Waals surface area contributed by atoms with Crippen molar-refractivity contribution in [1.82, 2.24) is 9.62 Å². The van der Waals surface area contributed by atoms with Gasteiger partial charge in [0.15, 0.2) is 0 Å². The molecule has 1 aliphatic heterocycles. The highest BCUT2D eigenvalue weighted by molar-refractivity contribution is 7.84. The number of hydrogen-bond acceptors (Lipinski definition) is 4. The molecule has 1 heterocycles. The Morgan fingerprint density at radius 3 is 2.22 bits per heavy atom. The number of piperidine rings is 1. The lowest BCUT2D eigenvalue weighted by Gasteiger charge is -2.35. The second kappa shape index (κ2) is 9.36. The summed E-state index contributed by atoms with van der Waals surface area (Å²) < 4.78 is 57.1. The van der Waals surface area contributed by atoms with Crippen molar-refractivity contribution in [3.8, 4) is 0 Å². The molecular formula is C18H28F3N3O2S. The molecule has 2 N–H and O–H groups in total. The first-order valence-corrected chi connectivity index (χ1v) is 10.1. The van der Waals surface area contributed by atoms with Crippen molar-refractivity contribution in [3.63, 3.8) is 0 Å². The van der Waals surface area contributed by atoms with Gasteiger partial charge in [0, 0.05) is 24.8 Å². The summed E-state index contributed by atoms with van der Waals surface area (Å²) in [5, 5.41) is 6.22. The van der Waals surface area contributed by atoms with Crippen LogP contribution in [-0.4, -0.2) is 45.9 Å². The summed E-state index contributed by atoms with van der Waals surface area (Å²) in [6.07, 6.45) is -2.52. The molecule has 0 spiro atoms. The molecule has 0 bridgehead atoms. The zero-order valence-electron chi connectivity index (χ0n) is 15.9. The molecule has 9 heteroatoms. The fraction of sp³-hybridized carbons (Fsp3) is 0.667. The molecule has 1 fully saturated rings. The van der Waals surface area contributed by atoms with Crippen molar-refractivity contribution in [2.45, 2.75) is 50.6 Å². The first-order valence-electron chi connectivity index (χ1n) is 8.96. The lowest BCUT2D eigenvalue weighted by atomic mass is 10.1. The molecule has 154 valence electrons. The summed E-state index contributed by atoms with van der Waals surface area (Å²) in [4.78, 5) is 0. The largest absolute Gasteiger partial charge is 0.416 e. The Kier molecular flexibility index (Phi) is 7.67. The molecule has 0 radical (unpaired) electrons. The highest BCUT2D eigenvalue weighted by Crippen LogP contribution is 2.29. The highest BCUT2D eigenvalue weighted by Gasteiger charge is 2.30. The number of halogens is 3. The average Bonchev–Trinajstić information content (AvgIpc) is 2.60. The first kappa shape index (κ1) is 22.1. The molecular weight excluding hydrogens is 379 g/mol. The molecule has 1 unspecified atom stereocenters. The van der Waals surface area contributed by atoms with Crippen molar-refractivity contribution in [2.75, 3.05) is 31.9 Å². The summed E-state index contributed by atoms with van der Waals surface area (Å²) in [5.41, 5.74) is -0.102. The Morgan fingerprint density at radius 2 is 1.70 bits per heavy atom. The van der Waals surface area contributed by atoms with E-state index in [2.05, 4.69) is 10.6 Å². The maximum atomic E-state index is 12.5. The first-order chi connectivity index (χ1) is 12.6. The Labute approximate surface area is 161 Å². The quantitative estimate of drug-likeness (QED) is 0.536. The van der Waals surface area contributed by atoms with Gasteiger partial charge in [0.05, 0.1) is 28.0 Å². The van der Waals surface area contributed by atoms with Gasteiger partial charge in [0.25, 0.3) is 0 Å². The molecule has 1 aromatic carbocycles. The molecule has 1 saturated heterocycles. The standard InChI is InChI=1S/C18H28F3N3O2S/c1-17(2,3)27(25)24-10-8-16(9-11-24)23-13-26-12-22-15-6-4-14(5-7-15)18(19,20)21/h4-7,16,22-23H,8-13H2,1-3H3. The number of benzene rings is 1. The van der Waals surface area contributed by atoms with Gasteiger partial charge in [-0.2, -0.15) is 13.2 Å². The van der Waals surface area contributed by atoms with Crippen LogP contribution in [0.25, 0.3) is 0 Å². The second-order valence-corrected chi connectivity index (χ2v) is 9.75. The minimum absolute atomic E-state index is 0.200. The zero-order chi connectivity index (χ0) is 20.1. The number of ether oxygens (including phenoxy) is 1. The van der Waals surface area contributed by atoms with E-state index >= 15 is 0 Å². The minimum atomic E-state index is -4.33. The fourth-order valence-corrected chi connectivity index (χ4v) is 4.07. The van der Waals surface area contributed by atoms with Crippen LogP contribution in [0.15, 0.2) is 24.3 Å². The van der Waals surface area contributed by atoms with E-state index in [1.165, 1.54) is 12.1 Å². The van der Waals surface area contributed by atoms with Gasteiger partial charge in [0.2, 0.25) is 0 Å². The maximum absolute atomic E-state index is 12.5. The summed E-state index contributed by atoms with van der Waals surface area (Å²) in [6.45, 7) is 8.05. The fourth-order valence-electron chi connectivity index (χ4n) is 2.75. The molecule has 0 amide bonds. The van der Waals surface area contributed by atoms with Crippen molar-refractivity contribution < 1.29 is 22.1 Å². The normalized spacial score (nSPS) is 18.4. The van der Waals surface area contributed by atoms with Crippen LogP contribution in [0.5, 0.6) is 0 Å². The van der Waals surface area contributed by atoms with E-state index in [4.69, 9.17) is 4.74 Å². The Hall–Kier alpha value is -1.16. The molecule has 1 aromatic rings. The average molecular weight is 408 g/mol. The summed E-state index contributed by atoms with van der Waals surface area (Å²) >= 11 is 0. The van der Waals surface area contributed by atoms with Crippen LogP contribution < -0.4 is 10.6 Å². The summed E-state index contributed by atoms with van der Waals surface area (Å²) in [5.74, 6) is 0. The summed E-state index contributed by atoms with van der Waals surface area (Å²) in [6, 6.07) is 5.14. The van der Waals surface area contributed by atoms with E-state index in [0.29, 0.717) is 18.5 Å². The molecule has 1 aliphatic rings. The molecule has 0 aliphatic carbocycles. The number of hydrogen-bond donors (Lipinski definition) is 2. The van der Waals surface area contributed by atoms with E-state index in [-0.39, 0.29) is 11.5 Å². The predicted octanol–water partition coefficient (Wildman–Crippen LogP) is 3.57. The molecule has 2 rings (SSSR count). The van der Waals surface area contributed by atoms with Gasteiger partial charge >= 0.3 is 6.18 Å². The van der Waals surface area contributed by atoms with Crippen LogP contribution >= 0.6 is 0 Å². The number of nitrogens with one attached hydrogen (secondary N) is 2. The molecule has 1 atom stereocenters. The van der Waals surface area contributed by atoms with E-state index < -0.39 is 22.7 Å². The molecule has 5 nitrogen and oxygen atoms in total. The number of rotatable bonds is 7. The SMILES string of the molecule is CC(C)(C)S(=O)N1CCC(NCOCNc2ccc(C(F)(F)F)cc2)CC1. The van der Waals surface area contributed by atoms with Crippen LogP contribution in [0.3, 0.4) is 0 Å². The van der Waals surface area contributed by atoms with Crippen LogP contribution in [0.2, 0.25) is 0 Å². The van der Waals surface area contributed by atoms with Crippen molar-refractivity contribution in [2.24, 2.45) is 0 Å². The third-order valence-electron chi connectivity index (χ3n) is 4.28. The lowest BCUT2D eigenvalue weighted by Crippen LogP contribution is -2.47. The summed E-state index contributed by atoms with van der Waals surface area (Å²) in [7, 11) is -0.982. The van der Waals surface area contributed by atoms with Crippen LogP contribution in [-0.2, 0) is 21.9 Å². The topological polar surface area (TPSA) is 53.6 Å². The Morgan fingerprint density at radius 1 is 1.11 bits per heavy atom. The van der Waals surface area contributed by atoms with E-state index in [9.17, 15) is 17.4 Å². The van der Waals surface area contributed by atoms with Crippen molar-refractivity contribution >= 4 is 16.7 Å². The number of anilines is 1. The highest BCUT2D eigenvalue weighted by atomic mass is 32.2. The third-order valence-corrected chi connectivity index (χ3v) is 6.16. The monoisotopic (exact) mass is 407 g/mol.